The molecule has 0 bridgehead atoms. The van der Waals surface area contributed by atoms with Crippen LogP contribution < -0.4 is 5.32 Å². The number of carbonyl (C=O) groups is 3. The fourth-order valence-electron chi connectivity index (χ4n) is 4.80. The molecule has 186 valence electrons. The molecule has 1 aliphatic heterocycles. The van der Waals surface area contributed by atoms with Crippen molar-refractivity contribution in [3.05, 3.63) is 59.7 Å². The highest BCUT2D eigenvalue weighted by atomic mass is 16.6. The summed E-state index contributed by atoms with van der Waals surface area (Å²) in [7, 11) is 0. The van der Waals surface area contributed by atoms with Gasteiger partial charge in [-0.2, -0.15) is 0 Å². The molecule has 8 heteroatoms. The molecule has 0 spiro atoms. The number of amides is 2. The third-order valence-corrected chi connectivity index (χ3v) is 6.74. The third kappa shape index (κ3) is 5.26. The summed E-state index contributed by atoms with van der Waals surface area (Å²) in [5.74, 6) is -1.07. The molecule has 8 nitrogen and oxygen atoms in total. The number of hydrogen-bond donors (Lipinski definition) is 2. The second kappa shape index (κ2) is 9.60. The fourth-order valence-corrected chi connectivity index (χ4v) is 4.80. The van der Waals surface area contributed by atoms with Crippen LogP contribution in [0.15, 0.2) is 48.5 Å². The minimum absolute atomic E-state index is 0.0683. The highest BCUT2D eigenvalue weighted by molar-refractivity contribution is 5.79. The first-order chi connectivity index (χ1) is 16.6. The van der Waals surface area contributed by atoms with Gasteiger partial charge in [0, 0.05) is 25.6 Å². The zero-order valence-corrected chi connectivity index (χ0v) is 20.4. The summed E-state index contributed by atoms with van der Waals surface area (Å²) in [4.78, 5) is 38.5. The van der Waals surface area contributed by atoms with Crippen molar-refractivity contribution in [1.82, 2.24) is 10.2 Å². The van der Waals surface area contributed by atoms with Gasteiger partial charge in [0.15, 0.2) is 0 Å². The van der Waals surface area contributed by atoms with Crippen LogP contribution in [0.1, 0.15) is 50.7 Å². The van der Waals surface area contributed by atoms with Crippen molar-refractivity contribution in [3.63, 3.8) is 0 Å². The molecule has 1 heterocycles. The van der Waals surface area contributed by atoms with E-state index >= 15 is 0 Å². The Bertz CT molecular complexity index is 1070. The minimum atomic E-state index is -1.16. The quantitative estimate of drug-likeness (QED) is 0.647. The summed E-state index contributed by atoms with van der Waals surface area (Å²) in [5.41, 5.74) is 2.71. The standard InChI is InChI=1S/C27H32N2O6/c1-26(2,3)35-25(33)29-14-12-27(13-15-29,23(30)31)17-28-24(32)34-16-22-20-10-6-4-8-18(20)19-9-5-7-11-21(19)22/h4-11,22H,12-17H2,1-3H3,(H,28,32)(H,30,31). The van der Waals surface area contributed by atoms with E-state index in [4.69, 9.17) is 9.47 Å². The zero-order chi connectivity index (χ0) is 25.2. The Hall–Kier alpha value is -3.55. The Morgan fingerprint density at radius 2 is 1.54 bits per heavy atom. The van der Waals surface area contributed by atoms with Gasteiger partial charge in [0.25, 0.3) is 0 Å². The molecular formula is C27H32N2O6. The van der Waals surface area contributed by atoms with Crippen molar-refractivity contribution >= 4 is 18.2 Å². The number of benzene rings is 2. The molecule has 2 aliphatic rings. The van der Waals surface area contributed by atoms with Gasteiger partial charge >= 0.3 is 18.2 Å². The van der Waals surface area contributed by atoms with Gasteiger partial charge in [-0.3, -0.25) is 4.79 Å². The van der Waals surface area contributed by atoms with Gasteiger partial charge in [0.2, 0.25) is 0 Å². The molecule has 4 rings (SSSR count). The van der Waals surface area contributed by atoms with Crippen LogP contribution in [0.4, 0.5) is 9.59 Å². The predicted octanol–water partition coefficient (Wildman–Crippen LogP) is 4.63. The van der Waals surface area contributed by atoms with Gasteiger partial charge in [0.1, 0.15) is 12.2 Å². The Kier molecular flexibility index (Phi) is 6.74. The zero-order valence-electron chi connectivity index (χ0n) is 20.4. The largest absolute Gasteiger partial charge is 0.481 e. The van der Waals surface area contributed by atoms with Crippen LogP contribution >= 0.6 is 0 Å². The Morgan fingerprint density at radius 1 is 1.00 bits per heavy atom. The maximum Gasteiger partial charge on any atom is 0.410 e. The average molecular weight is 481 g/mol. The van der Waals surface area contributed by atoms with Crippen LogP contribution in [0.5, 0.6) is 0 Å². The summed E-state index contributed by atoms with van der Waals surface area (Å²) >= 11 is 0. The summed E-state index contributed by atoms with van der Waals surface area (Å²) in [6, 6.07) is 16.1. The van der Waals surface area contributed by atoms with E-state index in [1.54, 1.807) is 20.8 Å². The number of piperidine rings is 1. The van der Waals surface area contributed by atoms with E-state index in [2.05, 4.69) is 17.4 Å². The lowest BCUT2D eigenvalue weighted by Crippen LogP contribution is -2.52. The van der Waals surface area contributed by atoms with Gasteiger partial charge in [-0.05, 0) is 55.9 Å². The number of rotatable bonds is 5. The van der Waals surface area contributed by atoms with Crippen LogP contribution in [0, 0.1) is 5.41 Å². The molecular weight excluding hydrogens is 448 g/mol. The number of likely N-dealkylation sites (tertiary alicyclic amines) is 1. The van der Waals surface area contributed by atoms with Gasteiger partial charge in [-0.1, -0.05) is 48.5 Å². The van der Waals surface area contributed by atoms with E-state index in [-0.39, 0.29) is 45.0 Å². The molecule has 2 amide bonds. The van der Waals surface area contributed by atoms with Gasteiger partial charge in [-0.25, -0.2) is 9.59 Å². The summed E-state index contributed by atoms with van der Waals surface area (Å²) in [5, 5.41) is 12.6. The van der Waals surface area contributed by atoms with E-state index in [0.29, 0.717) is 0 Å². The SMILES string of the molecule is CC(C)(C)OC(=O)N1CCC(CNC(=O)OCC2c3ccccc3-c3ccccc32)(C(=O)O)CC1. The molecule has 2 aromatic carbocycles. The molecule has 1 fully saturated rings. The summed E-state index contributed by atoms with van der Waals surface area (Å²) < 4.78 is 10.9. The second-order valence-corrected chi connectivity index (χ2v) is 10.2. The van der Waals surface area contributed by atoms with Gasteiger partial charge in [0.05, 0.1) is 5.41 Å². The van der Waals surface area contributed by atoms with E-state index in [9.17, 15) is 19.5 Å². The molecule has 1 saturated heterocycles. The number of alkyl carbamates (subject to hydrolysis) is 1. The number of fused-ring (bicyclic) bond motifs is 3. The minimum Gasteiger partial charge on any atom is -0.481 e. The van der Waals surface area contributed by atoms with Gasteiger partial charge < -0.3 is 24.8 Å². The smallest absolute Gasteiger partial charge is 0.410 e. The Labute approximate surface area is 205 Å². The third-order valence-electron chi connectivity index (χ3n) is 6.74. The fraction of sp³-hybridized carbons (Fsp3) is 0.444. The Balaban J connectivity index is 1.33. The highest BCUT2D eigenvalue weighted by Crippen LogP contribution is 2.44. The molecule has 1 aliphatic carbocycles. The van der Waals surface area contributed by atoms with E-state index in [1.165, 1.54) is 4.90 Å². The Morgan fingerprint density at radius 3 is 2.06 bits per heavy atom. The molecule has 0 unspecified atom stereocenters. The molecule has 0 aromatic heterocycles. The molecule has 0 saturated carbocycles. The number of aliphatic carboxylic acids is 1. The van der Waals surface area contributed by atoms with Crippen LogP contribution in [0.25, 0.3) is 11.1 Å². The molecule has 2 aromatic rings. The van der Waals surface area contributed by atoms with E-state index in [1.807, 2.05) is 36.4 Å². The van der Waals surface area contributed by atoms with Crippen LogP contribution in [-0.4, -0.2) is 60.0 Å². The summed E-state index contributed by atoms with van der Waals surface area (Å²) in [6.45, 7) is 5.94. The molecule has 0 atom stereocenters. The maximum absolute atomic E-state index is 12.5. The van der Waals surface area contributed by atoms with Crippen LogP contribution in [0.2, 0.25) is 0 Å². The number of nitrogens with zero attached hydrogens (tertiary/aromatic N) is 1. The molecule has 35 heavy (non-hydrogen) atoms. The normalized spacial score (nSPS) is 16.7. The lowest BCUT2D eigenvalue weighted by Gasteiger charge is -2.39. The van der Waals surface area contributed by atoms with Crippen LogP contribution in [0.3, 0.4) is 0 Å². The topological polar surface area (TPSA) is 105 Å². The number of hydrogen-bond acceptors (Lipinski definition) is 5. The van der Waals surface area contributed by atoms with Crippen molar-refractivity contribution in [1.29, 1.82) is 0 Å². The van der Waals surface area contributed by atoms with Gasteiger partial charge in [-0.15, -0.1) is 0 Å². The maximum atomic E-state index is 12.5. The van der Waals surface area contributed by atoms with Crippen molar-refractivity contribution in [2.45, 2.75) is 45.1 Å². The first kappa shape index (κ1) is 24.6. The van der Waals surface area contributed by atoms with Crippen LogP contribution in [-0.2, 0) is 14.3 Å². The van der Waals surface area contributed by atoms with Crippen molar-refractivity contribution < 1.29 is 29.0 Å². The lowest BCUT2D eigenvalue weighted by atomic mass is 9.78. The number of carbonyl (C=O) groups excluding carboxylic acids is 2. The lowest BCUT2D eigenvalue weighted by molar-refractivity contribution is -0.151. The van der Waals surface area contributed by atoms with Crippen molar-refractivity contribution in [2.75, 3.05) is 26.2 Å². The highest BCUT2D eigenvalue weighted by Gasteiger charge is 2.43. The number of ether oxygens (including phenoxy) is 2. The second-order valence-electron chi connectivity index (χ2n) is 10.2. The van der Waals surface area contributed by atoms with Crippen molar-refractivity contribution in [2.24, 2.45) is 5.41 Å². The number of carboxylic acid groups (broad SMARTS) is 1. The summed E-state index contributed by atoms with van der Waals surface area (Å²) in [6.07, 6.45) is -0.681. The first-order valence-electron chi connectivity index (χ1n) is 11.9. The molecule has 0 radical (unpaired) electrons. The predicted molar refractivity (Wildman–Crippen MR) is 130 cm³/mol. The van der Waals surface area contributed by atoms with Crippen molar-refractivity contribution in [3.8, 4) is 11.1 Å². The monoisotopic (exact) mass is 480 g/mol. The molecule has 2 N–H and O–H groups in total. The number of nitrogens with one attached hydrogen (secondary N) is 1. The van der Waals surface area contributed by atoms with E-state index in [0.717, 1.165) is 22.3 Å². The average Bonchev–Trinajstić information content (AvgIpc) is 3.14. The first-order valence-corrected chi connectivity index (χ1v) is 11.9. The van der Waals surface area contributed by atoms with E-state index < -0.39 is 29.2 Å². The number of carboxylic acids is 1.